The van der Waals surface area contributed by atoms with Crippen LogP contribution in [0.5, 0.6) is 0 Å². The van der Waals surface area contributed by atoms with Gasteiger partial charge in [0.25, 0.3) is 0 Å². The van der Waals surface area contributed by atoms with Gasteiger partial charge in [-0.1, -0.05) is 0 Å². The minimum Gasteiger partial charge on any atom is -0.294 e. The predicted octanol–water partition coefficient (Wildman–Crippen LogP) is 1.75. The largest absolute Gasteiger partial charge is 0.294 e. The van der Waals surface area contributed by atoms with Crippen molar-refractivity contribution < 1.29 is 4.79 Å². The van der Waals surface area contributed by atoms with Crippen LogP contribution in [0.15, 0.2) is 11.2 Å². The highest BCUT2D eigenvalue weighted by Gasteiger charge is 2.20. The predicted molar refractivity (Wildman–Crippen MR) is 49.7 cm³/mol. The first-order valence-corrected chi connectivity index (χ1v) is 4.33. The first-order valence-electron chi connectivity index (χ1n) is 4.33. The van der Waals surface area contributed by atoms with Crippen LogP contribution in [0.4, 0.5) is 5.82 Å². The third-order valence-corrected chi connectivity index (χ3v) is 2.05. The number of Topliss-reactive ketones (excluding diaryl/α,β-unsaturated/α-hetero) is 1. The van der Waals surface area contributed by atoms with E-state index in [1.807, 2.05) is 13.8 Å². The van der Waals surface area contributed by atoms with Crippen LogP contribution >= 0.6 is 0 Å². The molecule has 0 aliphatic carbocycles. The number of fused-ring (bicyclic) bond motifs is 1. The smallest absolute Gasteiger partial charge is 0.173 e. The maximum atomic E-state index is 11.4. The maximum absolute atomic E-state index is 11.4. The van der Waals surface area contributed by atoms with Crippen molar-refractivity contribution in [1.29, 1.82) is 0 Å². The second-order valence-corrected chi connectivity index (χ2v) is 3.36. The molecule has 1 aliphatic heterocycles. The van der Waals surface area contributed by atoms with E-state index < -0.39 is 0 Å². The summed E-state index contributed by atoms with van der Waals surface area (Å²) in [5.74, 6) is 0.808. The number of hydrogen-bond acceptors (Lipinski definition) is 3. The molecular formula is C9H11N3O. The summed E-state index contributed by atoms with van der Waals surface area (Å²) < 4.78 is 1.77. The first kappa shape index (κ1) is 8.16. The Morgan fingerprint density at radius 2 is 2.31 bits per heavy atom. The molecule has 0 spiro atoms. The summed E-state index contributed by atoms with van der Waals surface area (Å²) in [5.41, 5.74) is 0.649. The summed E-state index contributed by atoms with van der Waals surface area (Å²) in [6.07, 6.45) is 3.65. The molecule has 2 heterocycles. The average molecular weight is 177 g/mol. The fourth-order valence-electron chi connectivity index (χ4n) is 1.38. The Hall–Kier alpha value is -1.45. The highest BCUT2D eigenvalue weighted by Crippen LogP contribution is 2.25. The Morgan fingerprint density at radius 3 is 3.00 bits per heavy atom. The van der Waals surface area contributed by atoms with Crippen LogP contribution in [0.2, 0.25) is 0 Å². The summed E-state index contributed by atoms with van der Waals surface area (Å²) >= 11 is 0. The lowest BCUT2D eigenvalue weighted by Crippen LogP contribution is -2.07. The van der Waals surface area contributed by atoms with E-state index in [0.717, 1.165) is 0 Å². The van der Waals surface area contributed by atoms with Gasteiger partial charge in [-0.05, 0) is 13.8 Å². The Bertz CT molecular complexity index is 376. The summed E-state index contributed by atoms with van der Waals surface area (Å²) in [5, 5.41) is 4.13. The Labute approximate surface area is 76.3 Å². The fraction of sp³-hybridized carbons (Fsp3) is 0.444. The second kappa shape index (κ2) is 2.80. The molecule has 0 saturated carbocycles. The van der Waals surface area contributed by atoms with Gasteiger partial charge in [0.15, 0.2) is 11.6 Å². The van der Waals surface area contributed by atoms with Gasteiger partial charge in [-0.2, -0.15) is 5.10 Å². The molecule has 0 N–H and O–H groups in total. The molecule has 0 amide bonds. The Morgan fingerprint density at radius 1 is 1.54 bits per heavy atom. The van der Waals surface area contributed by atoms with Gasteiger partial charge in [-0.15, -0.1) is 0 Å². The molecule has 1 aromatic heterocycles. The molecule has 4 nitrogen and oxygen atoms in total. The van der Waals surface area contributed by atoms with Gasteiger partial charge in [0, 0.05) is 18.7 Å². The van der Waals surface area contributed by atoms with Crippen LogP contribution < -0.4 is 0 Å². The number of aliphatic imine (C=N–C) groups is 1. The van der Waals surface area contributed by atoms with Crippen LogP contribution in [-0.2, 0) is 0 Å². The third kappa shape index (κ3) is 1.18. The van der Waals surface area contributed by atoms with Crippen molar-refractivity contribution in [1.82, 2.24) is 9.78 Å². The van der Waals surface area contributed by atoms with E-state index in [0.29, 0.717) is 17.8 Å². The van der Waals surface area contributed by atoms with Crippen molar-refractivity contribution in [3.05, 3.63) is 11.8 Å². The van der Waals surface area contributed by atoms with Gasteiger partial charge in [0.2, 0.25) is 0 Å². The molecule has 0 atom stereocenters. The molecule has 68 valence electrons. The van der Waals surface area contributed by atoms with Gasteiger partial charge >= 0.3 is 0 Å². The van der Waals surface area contributed by atoms with E-state index in [4.69, 9.17) is 0 Å². The van der Waals surface area contributed by atoms with Gasteiger partial charge in [0.1, 0.15) is 0 Å². The van der Waals surface area contributed by atoms with Crippen molar-refractivity contribution in [3.8, 4) is 0 Å². The lowest BCUT2D eigenvalue weighted by molar-refractivity contribution is 0.100. The molecule has 0 radical (unpaired) electrons. The topological polar surface area (TPSA) is 47.2 Å². The number of ketones is 1. The molecule has 0 aromatic carbocycles. The average Bonchev–Trinajstić information content (AvgIpc) is 2.48. The van der Waals surface area contributed by atoms with Gasteiger partial charge in [-0.3, -0.25) is 4.79 Å². The molecule has 1 aromatic rings. The molecule has 13 heavy (non-hydrogen) atoms. The summed E-state index contributed by atoms with van der Waals surface area (Å²) in [6.45, 7) is 4.03. The molecule has 2 rings (SSSR count). The van der Waals surface area contributed by atoms with Crippen molar-refractivity contribution >= 4 is 17.8 Å². The van der Waals surface area contributed by atoms with Gasteiger partial charge < -0.3 is 0 Å². The van der Waals surface area contributed by atoms with Crippen molar-refractivity contribution in [2.45, 2.75) is 26.3 Å². The van der Waals surface area contributed by atoms with Crippen LogP contribution in [0.25, 0.3) is 0 Å². The minimum absolute atomic E-state index is 0.108. The van der Waals surface area contributed by atoms with Gasteiger partial charge in [0.05, 0.1) is 11.8 Å². The van der Waals surface area contributed by atoms with Gasteiger partial charge in [-0.25, -0.2) is 9.67 Å². The normalized spacial score (nSPS) is 15.2. The Kier molecular flexibility index (Phi) is 1.76. The van der Waals surface area contributed by atoms with E-state index in [1.54, 1.807) is 17.1 Å². The standard InChI is InChI=1S/C9H11N3O/c1-6(2)12-9-7(5-11-12)8(13)3-4-10-9/h4-6H,3H2,1-2H3. The number of carbonyl (C=O) groups is 1. The summed E-state index contributed by atoms with van der Waals surface area (Å²) in [6, 6.07) is 0.242. The van der Waals surface area contributed by atoms with Crippen LogP contribution in [-0.4, -0.2) is 21.8 Å². The van der Waals surface area contributed by atoms with Crippen molar-refractivity contribution in [2.24, 2.45) is 4.99 Å². The number of carbonyl (C=O) groups excluding carboxylic acids is 1. The molecule has 0 bridgehead atoms. The van der Waals surface area contributed by atoms with Crippen LogP contribution in [0.3, 0.4) is 0 Å². The molecule has 0 saturated heterocycles. The van der Waals surface area contributed by atoms with E-state index in [1.165, 1.54) is 0 Å². The molecule has 4 heteroatoms. The van der Waals surface area contributed by atoms with E-state index in [-0.39, 0.29) is 11.8 Å². The number of hydrogen-bond donors (Lipinski definition) is 0. The minimum atomic E-state index is 0.108. The zero-order chi connectivity index (χ0) is 9.42. The molecule has 1 aliphatic rings. The van der Waals surface area contributed by atoms with Crippen molar-refractivity contribution in [3.63, 3.8) is 0 Å². The highest BCUT2D eigenvalue weighted by atomic mass is 16.1. The summed E-state index contributed by atoms with van der Waals surface area (Å²) in [4.78, 5) is 15.6. The van der Waals surface area contributed by atoms with Crippen LogP contribution in [0, 0.1) is 0 Å². The maximum Gasteiger partial charge on any atom is 0.173 e. The zero-order valence-corrected chi connectivity index (χ0v) is 7.69. The van der Waals surface area contributed by atoms with Crippen molar-refractivity contribution in [2.75, 3.05) is 0 Å². The van der Waals surface area contributed by atoms with E-state index in [9.17, 15) is 4.79 Å². The van der Waals surface area contributed by atoms with E-state index >= 15 is 0 Å². The van der Waals surface area contributed by atoms with E-state index in [2.05, 4.69) is 10.1 Å². The summed E-state index contributed by atoms with van der Waals surface area (Å²) in [7, 11) is 0. The molecular weight excluding hydrogens is 166 g/mol. The quantitative estimate of drug-likeness (QED) is 0.656. The SMILES string of the molecule is CC(C)n1ncc2c1N=CCC2=O. The number of aromatic nitrogens is 2. The lowest BCUT2D eigenvalue weighted by atomic mass is 10.1. The fourth-order valence-corrected chi connectivity index (χ4v) is 1.38. The monoisotopic (exact) mass is 177 g/mol. The molecule has 0 fully saturated rings. The number of nitrogens with zero attached hydrogens (tertiary/aromatic N) is 3. The Balaban J connectivity index is 2.55. The molecule has 0 unspecified atom stereocenters. The number of rotatable bonds is 1. The third-order valence-electron chi connectivity index (χ3n) is 2.05. The first-order chi connectivity index (χ1) is 6.20. The lowest BCUT2D eigenvalue weighted by Gasteiger charge is -2.10. The highest BCUT2D eigenvalue weighted by molar-refractivity contribution is 6.09. The zero-order valence-electron chi connectivity index (χ0n) is 7.69. The van der Waals surface area contributed by atoms with Crippen LogP contribution in [0.1, 0.15) is 36.7 Å². The second-order valence-electron chi connectivity index (χ2n) is 3.36.